The summed E-state index contributed by atoms with van der Waals surface area (Å²) in [6, 6.07) is -15.5. The smallest absolute Gasteiger partial charge is 0.335 e. The molecule has 0 saturated carbocycles. The molecule has 1 aliphatic heterocycles. The van der Waals surface area contributed by atoms with Gasteiger partial charge in [0.1, 0.15) is 54.6 Å². The number of ether oxygens (including phenoxy) is 1. The lowest BCUT2D eigenvalue weighted by molar-refractivity contribution is -0.155. The molecule has 1 fully saturated rings. The molecular weight excluding hydrogens is 1190 g/mol. The summed E-state index contributed by atoms with van der Waals surface area (Å²) in [6.45, 7) is 3.44. The molecule has 10 amide bonds. The third-order valence-corrected chi connectivity index (χ3v) is 14.4. The van der Waals surface area contributed by atoms with E-state index in [1.54, 1.807) is 0 Å². The largest absolute Gasteiger partial charge is 0.479 e. The number of allylic oxidation sites excluding steroid dienone is 1. The van der Waals surface area contributed by atoms with E-state index in [-0.39, 0.29) is 51.9 Å². The van der Waals surface area contributed by atoms with Crippen LogP contribution in [0.1, 0.15) is 136 Å². The highest BCUT2D eigenvalue weighted by molar-refractivity contribution is 6.18. The molecule has 32 nitrogen and oxygen atoms in total. The number of aliphatic carboxylic acids is 1. The summed E-state index contributed by atoms with van der Waals surface area (Å²) in [5, 5.41) is 76.1. The highest BCUT2D eigenvalue weighted by Gasteiger charge is 2.41. The molecule has 21 N–H and O–H groups in total. The quantitative estimate of drug-likeness (QED) is 0.0130. The molecule has 0 bridgehead atoms. The predicted molar refractivity (Wildman–Crippen MR) is 324 cm³/mol. The Morgan fingerprint density at radius 1 is 0.640 bits per heavy atom. The summed E-state index contributed by atoms with van der Waals surface area (Å²) in [5.41, 5.74) is 16.7. The molecule has 0 spiro atoms. The number of hydrogen-bond acceptors (Lipinski definition) is 21. The number of cyclic esters (lactones) is 1. The first-order chi connectivity index (χ1) is 42.2. The Balaban J connectivity index is 4.12. The van der Waals surface area contributed by atoms with Crippen molar-refractivity contribution in [2.75, 3.05) is 59.3 Å². The molecule has 12 atom stereocenters. The van der Waals surface area contributed by atoms with Crippen LogP contribution in [0.25, 0.3) is 0 Å². The molecule has 0 unspecified atom stereocenters. The number of unbranched alkanes of at least 4 members (excludes halogenated alkanes) is 9. The summed E-state index contributed by atoms with van der Waals surface area (Å²) in [4.78, 5) is 168. The second-order valence-electron chi connectivity index (χ2n) is 22.0. The van der Waals surface area contributed by atoms with Crippen molar-refractivity contribution in [3.8, 4) is 0 Å². The lowest BCUT2D eigenvalue weighted by Crippen LogP contribution is -2.62. The van der Waals surface area contributed by atoms with Crippen molar-refractivity contribution in [1.29, 1.82) is 0 Å². The van der Waals surface area contributed by atoms with Gasteiger partial charge in [0.15, 0.2) is 12.1 Å². The van der Waals surface area contributed by atoms with Gasteiger partial charge >= 0.3 is 11.9 Å². The number of aliphatic hydroxyl groups is 4. The second kappa shape index (κ2) is 44.7. The van der Waals surface area contributed by atoms with E-state index < -0.39 is 181 Å². The molecule has 0 aromatic rings. The fraction of sp³-hybridized carbons (Fsp3) is 0.750. The number of esters is 1. The van der Waals surface area contributed by atoms with Crippen LogP contribution in [0.2, 0.25) is 0 Å². The van der Waals surface area contributed by atoms with Crippen molar-refractivity contribution >= 4 is 82.6 Å². The number of alkyl halides is 1. The number of carboxylic acids is 1. The monoisotopic (exact) mass is 1290 g/mol. The number of aliphatic hydroxyl groups excluding tert-OH is 4. The van der Waals surface area contributed by atoms with Crippen molar-refractivity contribution in [3.05, 3.63) is 11.8 Å². The van der Waals surface area contributed by atoms with Gasteiger partial charge in [0.2, 0.25) is 53.2 Å². The summed E-state index contributed by atoms with van der Waals surface area (Å²) in [5.74, 6) is -16.4. The van der Waals surface area contributed by atoms with E-state index in [4.69, 9.17) is 33.5 Å². The van der Waals surface area contributed by atoms with Gasteiger partial charge in [-0.15, -0.1) is 11.6 Å². The Hall–Kier alpha value is -6.65. The Morgan fingerprint density at radius 2 is 1.17 bits per heavy atom. The second-order valence-corrected chi connectivity index (χ2v) is 22.3. The van der Waals surface area contributed by atoms with Gasteiger partial charge in [-0.3, -0.25) is 47.9 Å². The van der Waals surface area contributed by atoms with Crippen LogP contribution < -0.4 is 70.4 Å². The third-order valence-electron chi connectivity index (χ3n) is 14.1. The predicted octanol–water partition coefficient (Wildman–Crippen LogP) is -5.18. The Labute approximate surface area is 524 Å². The van der Waals surface area contributed by atoms with E-state index in [0.29, 0.717) is 25.8 Å². The van der Waals surface area contributed by atoms with Gasteiger partial charge in [0, 0.05) is 6.54 Å². The molecule has 508 valence electrons. The zero-order chi connectivity index (χ0) is 67.2. The number of nitrogens with zero attached hydrogens (tertiary/aromatic N) is 1. The van der Waals surface area contributed by atoms with E-state index in [1.807, 2.05) is 29.6 Å². The maximum atomic E-state index is 14.4. The summed E-state index contributed by atoms with van der Waals surface area (Å²) in [7, 11) is 3.62. The topological polar surface area (TPSA) is 517 Å². The van der Waals surface area contributed by atoms with Gasteiger partial charge in [-0.05, 0) is 99.1 Å². The Morgan fingerprint density at radius 3 is 1.70 bits per heavy atom. The molecule has 0 aromatic heterocycles. The van der Waals surface area contributed by atoms with Crippen molar-refractivity contribution in [2.24, 2.45) is 17.2 Å². The van der Waals surface area contributed by atoms with Crippen LogP contribution in [-0.4, -0.2) is 233 Å². The van der Waals surface area contributed by atoms with E-state index >= 15 is 0 Å². The van der Waals surface area contributed by atoms with Gasteiger partial charge < -0.3 is 106 Å². The van der Waals surface area contributed by atoms with E-state index in [1.165, 1.54) is 6.92 Å². The molecular formula is C56H99ClN14O18. The minimum absolute atomic E-state index is 0.129. The SMILES string of the molecule is C/C=C1\NC(=O)[C@H]([C@H](C)O)NC(=O)[C@H](CCN)NC(=O)[C@H](CCCCN)NC(=O)[C@H](CC(=O)NCCCN(C)C)NC(=O)[C@@H](CCN)NC(=O)[C@@H](NC(=O)C[C@H](O)CCCCCCCCCCC)COC(=O)[C@H]([C@H](O)CCl)NC(=O)[C@H]([C@H](O)C(=O)O)NC1=O. The van der Waals surface area contributed by atoms with Crippen molar-refractivity contribution in [1.82, 2.24) is 58.1 Å². The molecule has 1 heterocycles. The number of carboxylic acid groups (broad SMARTS) is 1. The van der Waals surface area contributed by atoms with Crippen LogP contribution in [0.5, 0.6) is 0 Å². The van der Waals surface area contributed by atoms with Gasteiger partial charge in [-0.2, -0.15) is 0 Å². The minimum atomic E-state index is -2.83. The average molecular weight is 1290 g/mol. The van der Waals surface area contributed by atoms with Crippen LogP contribution in [0.4, 0.5) is 0 Å². The van der Waals surface area contributed by atoms with E-state index in [0.717, 1.165) is 64.4 Å². The van der Waals surface area contributed by atoms with Crippen molar-refractivity contribution < 1.29 is 87.8 Å². The first-order valence-corrected chi connectivity index (χ1v) is 30.8. The van der Waals surface area contributed by atoms with Crippen LogP contribution in [0.3, 0.4) is 0 Å². The number of halogens is 1. The van der Waals surface area contributed by atoms with Crippen LogP contribution >= 0.6 is 11.6 Å². The Bertz CT molecular complexity index is 2320. The molecule has 33 heteroatoms. The van der Waals surface area contributed by atoms with E-state index in [9.17, 15) is 83.1 Å². The van der Waals surface area contributed by atoms with Crippen LogP contribution in [0, 0.1) is 0 Å². The van der Waals surface area contributed by atoms with Gasteiger partial charge in [0.25, 0.3) is 5.91 Å². The number of amides is 10. The lowest BCUT2D eigenvalue weighted by Gasteiger charge is -2.29. The maximum Gasteiger partial charge on any atom is 0.335 e. The summed E-state index contributed by atoms with van der Waals surface area (Å²) < 4.78 is 5.34. The number of carbonyl (C=O) groups excluding carboxylic acids is 11. The highest BCUT2D eigenvalue weighted by Crippen LogP contribution is 2.14. The normalized spacial score (nSPS) is 23.7. The van der Waals surface area contributed by atoms with Crippen LogP contribution in [-0.2, 0) is 62.3 Å². The average Bonchev–Trinajstić information content (AvgIpc) is 3.60. The summed E-state index contributed by atoms with van der Waals surface area (Å²) in [6.07, 6.45) is 0.788. The number of nitrogens with two attached hydrogens (primary N) is 3. The number of rotatable bonds is 32. The zero-order valence-corrected chi connectivity index (χ0v) is 52.5. The standard InChI is InChI=1S/C56H99ClN14O18/c1-6-8-9-10-11-12-13-14-15-19-33(73)28-42(76)62-39-31-89-56(88)44(40(74)30-57)69-54(85)45(46(77)55(86)87)70-47(78)34(7-2)63-53(84)43(32(3)72)68-50(81)37(22-25-60)65-48(79)35(20-16-17-23-58)64-51(82)38(29-41(75)61-26-18-27-71(4)5)67-49(80)36(21-24-59)66-52(39)83/h7,32-33,35-40,43-46,72-74,77H,6,8-31,58-60H2,1-5H3,(H,61,75)(H,62,76)(H,63,84)(H,64,82)(H,65,79)(H,66,83)(H,67,80)(H,68,81)(H,69,85)(H,70,78)(H,86,87)/b34-7-/t32-,33+,35-,36+,37-,38-,39-,40+,43-,44-,45-,46-/m0/s1. The van der Waals surface area contributed by atoms with Crippen LogP contribution in [0.15, 0.2) is 11.8 Å². The fourth-order valence-corrected chi connectivity index (χ4v) is 9.11. The zero-order valence-electron chi connectivity index (χ0n) is 51.8. The van der Waals surface area contributed by atoms with E-state index in [2.05, 4.69) is 49.5 Å². The summed E-state index contributed by atoms with van der Waals surface area (Å²) >= 11 is 5.90. The molecule has 1 rings (SSSR count). The maximum absolute atomic E-state index is 14.4. The minimum Gasteiger partial charge on any atom is -0.479 e. The Kier molecular flexibility index (Phi) is 40.4. The molecule has 0 radical (unpaired) electrons. The lowest BCUT2D eigenvalue weighted by atomic mass is 10.0. The molecule has 89 heavy (non-hydrogen) atoms. The first-order valence-electron chi connectivity index (χ1n) is 30.3. The van der Waals surface area contributed by atoms with Crippen molar-refractivity contribution in [3.63, 3.8) is 0 Å². The first kappa shape index (κ1) is 80.4. The molecule has 1 aliphatic rings. The van der Waals surface area contributed by atoms with Gasteiger partial charge in [0.05, 0.1) is 37.0 Å². The highest BCUT2D eigenvalue weighted by atomic mass is 35.5. The number of nitrogens with one attached hydrogen (secondary N) is 10. The number of carbonyl (C=O) groups is 12. The fourth-order valence-electron chi connectivity index (χ4n) is 8.93. The van der Waals surface area contributed by atoms with Crippen molar-refractivity contribution in [2.45, 2.75) is 209 Å². The molecule has 0 aliphatic carbocycles. The van der Waals surface area contributed by atoms with Gasteiger partial charge in [-0.1, -0.05) is 70.8 Å². The third kappa shape index (κ3) is 31.6. The van der Waals surface area contributed by atoms with Gasteiger partial charge in [-0.25, -0.2) is 9.59 Å². The molecule has 1 saturated heterocycles. The molecule has 0 aromatic carbocycles. The number of hydrogen-bond donors (Lipinski definition) is 18.